The first-order valence-corrected chi connectivity index (χ1v) is 7.10. The van der Waals surface area contributed by atoms with E-state index in [4.69, 9.17) is 9.47 Å². The molecule has 0 bridgehead atoms. The van der Waals surface area contributed by atoms with Crippen molar-refractivity contribution in [3.05, 3.63) is 59.4 Å². The minimum atomic E-state index is -0.732. The summed E-state index contributed by atoms with van der Waals surface area (Å²) in [6.45, 7) is 1.99. The highest BCUT2D eigenvalue weighted by Crippen LogP contribution is 2.15. The summed E-state index contributed by atoms with van der Waals surface area (Å²) in [5, 5.41) is 0. The first kappa shape index (κ1) is 17.1. The third-order valence-corrected chi connectivity index (χ3v) is 2.93. The molecule has 7 heteroatoms. The fraction of sp³-hybridized carbons (Fsp3) is 0.176. The van der Waals surface area contributed by atoms with E-state index in [9.17, 15) is 14.4 Å². The number of carbonyl (C=O) groups excluding carboxylic acids is 3. The fourth-order valence-electron chi connectivity index (χ4n) is 1.80. The maximum Gasteiger partial charge on any atom is 0.362 e. The fourth-order valence-corrected chi connectivity index (χ4v) is 1.80. The highest BCUT2D eigenvalue weighted by atomic mass is 16.5. The van der Waals surface area contributed by atoms with Crippen molar-refractivity contribution in [1.82, 2.24) is 4.98 Å². The van der Waals surface area contributed by atoms with E-state index in [2.05, 4.69) is 9.72 Å². The topological polar surface area (TPSA) is 91.8 Å². The monoisotopic (exact) mass is 329 g/mol. The first-order valence-electron chi connectivity index (χ1n) is 7.10. The van der Waals surface area contributed by atoms with Gasteiger partial charge in [-0.15, -0.1) is 0 Å². The molecule has 0 aliphatic heterocycles. The molecule has 1 aromatic carbocycles. The average molecular weight is 329 g/mol. The van der Waals surface area contributed by atoms with Crippen molar-refractivity contribution >= 4 is 17.9 Å². The number of esters is 3. The van der Waals surface area contributed by atoms with Crippen LogP contribution >= 0.6 is 0 Å². The molecule has 2 rings (SSSR count). The number of methoxy groups -OCH3 is 1. The third-order valence-electron chi connectivity index (χ3n) is 2.93. The van der Waals surface area contributed by atoms with Gasteiger partial charge in [0, 0.05) is 0 Å². The molecule has 1 heterocycles. The number of hydrogen-bond acceptors (Lipinski definition) is 7. The van der Waals surface area contributed by atoms with E-state index in [1.54, 1.807) is 6.92 Å². The van der Waals surface area contributed by atoms with Gasteiger partial charge in [0.1, 0.15) is 17.1 Å². The predicted octanol–water partition coefficient (Wildman–Crippen LogP) is 2.26. The van der Waals surface area contributed by atoms with Crippen LogP contribution in [0.5, 0.6) is 5.75 Å². The lowest BCUT2D eigenvalue weighted by atomic mass is 10.2. The number of hydrogen-bond donors (Lipinski definition) is 0. The van der Waals surface area contributed by atoms with Crippen LogP contribution in [0.4, 0.5) is 0 Å². The Morgan fingerprint density at radius 3 is 2.12 bits per heavy atom. The lowest BCUT2D eigenvalue weighted by Crippen LogP contribution is -2.14. The predicted molar refractivity (Wildman–Crippen MR) is 82.9 cm³/mol. The third kappa shape index (κ3) is 4.16. The highest BCUT2D eigenvalue weighted by Gasteiger charge is 2.15. The molecule has 0 N–H and O–H groups in total. The quantitative estimate of drug-likeness (QED) is 0.613. The summed E-state index contributed by atoms with van der Waals surface area (Å²) in [6, 6.07) is 10.2. The van der Waals surface area contributed by atoms with Crippen LogP contribution in [0.2, 0.25) is 0 Å². The van der Waals surface area contributed by atoms with Crippen LogP contribution in [0, 0.1) is 0 Å². The maximum atomic E-state index is 12.1. The second-order valence-corrected chi connectivity index (χ2v) is 4.53. The van der Waals surface area contributed by atoms with Crippen LogP contribution in [0.1, 0.15) is 38.3 Å². The molecule has 0 radical (unpaired) electrons. The van der Waals surface area contributed by atoms with Crippen LogP contribution in [0.25, 0.3) is 0 Å². The standard InChI is InChI=1S/C17H15NO6/c1-3-23-15(19)11-7-9-12(10-8-11)24-17(21)14-6-4-5-13(18-14)16(20)22-2/h4-10H,3H2,1-2H3. The van der Waals surface area contributed by atoms with Crippen molar-refractivity contribution in [2.45, 2.75) is 6.92 Å². The second kappa shape index (κ2) is 7.87. The van der Waals surface area contributed by atoms with Crippen molar-refractivity contribution in [1.29, 1.82) is 0 Å². The SMILES string of the molecule is CCOC(=O)c1ccc(OC(=O)c2cccc(C(=O)OC)n2)cc1. The number of ether oxygens (including phenoxy) is 3. The molecule has 0 saturated heterocycles. The molecule has 7 nitrogen and oxygen atoms in total. The lowest BCUT2D eigenvalue weighted by Gasteiger charge is -2.06. The van der Waals surface area contributed by atoms with Gasteiger partial charge in [-0.05, 0) is 43.3 Å². The van der Waals surface area contributed by atoms with E-state index in [1.165, 1.54) is 49.6 Å². The van der Waals surface area contributed by atoms with Crippen molar-refractivity contribution < 1.29 is 28.6 Å². The zero-order valence-corrected chi connectivity index (χ0v) is 13.1. The Hall–Kier alpha value is -3.22. The van der Waals surface area contributed by atoms with Gasteiger partial charge in [-0.2, -0.15) is 0 Å². The molecule has 0 spiro atoms. The van der Waals surface area contributed by atoms with Gasteiger partial charge >= 0.3 is 17.9 Å². The van der Waals surface area contributed by atoms with Gasteiger partial charge in [0.25, 0.3) is 0 Å². The van der Waals surface area contributed by atoms with E-state index < -0.39 is 17.9 Å². The summed E-state index contributed by atoms with van der Waals surface area (Å²) < 4.78 is 14.6. The summed E-state index contributed by atoms with van der Waals surface area (Å²) in [7, 11) is 1.22. The maximum absolute atomic E-state index is 12.1. The minimum Gasteiger partial charge on any atom is -0.464 e. The minimum absolute atomic E-state index is 0.00427. The Morgan fingerprint density at radius 1 is 0.917 bits per heavy atom. The Balaban J connectivity index is 2.09. The van der Waals surface area contributed by atoms with Crippen LogP contribution in [-0.4, -0.2) is 36.6 Å². The molecular formula is C17H15NO6. The van der Waals surface area contributed by atoms with Gasteiger partial charge in [0.15, 0.2) is 0 Å². The van der Waals surface area contributed by atoms with Crippen molar-refractivity contribution in [2.24, 2.45) is 0 Å². The van der Waals surface area contributed by atoms with Gasteiger partial charge in [-0.1, -0.05) is 6.07 Å². The molecule has 0 amide bonds. The van der Waals surface area contributed by atoms with Crippen LogP contribution in [0.15, 0.2) is 42.5 Å². The number of pyridine rings is 1. The molecule has 0 aliphatic carbocycles. The Kier molecular flexibility index (Phi) is 5.62. The molecule has 2 aromatic rings. The smallest absolute Gasteiger partial charge is 0.362 e. The number of rotatable bonds is 5. The molecule has 0 atom stereocenters. The normalized spacial score (nSPS) is 9.92. The van der Waals surface area contributed by atoms with Crippen molar-refractivity contribution in [2.75, 3.05) is 13.7 Å². The Labute approximate surface area is 138 Å². The van der Waals surface area contributed by atoms with Crippen molar-refractivity contribution in [3.8, 4) is 5.75 Å². The van der Waals surface area contributed by atoms with E-state index in [0.717, 1.165) is 0 Å². The Morgan fingerprint density at radius 2 is 1.54 bits per heavy atom. The zero-order valence-electron chi connectivity index (χ0n) is 13.1. The van der Waals surface area contributed by atoms with E-state index >= 15 is 0 Å². The summed E-state index contributed by atoms with van der Waals surface area (Å²) in [6.07, 6.45) is 0. The summed E-state index contributed by atoms with van der Waals surface area (Å²) in [5.41, 5.74) is 0.319. The molecule has 0 saturated carbocycles. The zero-order chi connectivity index (χ0) is 17.5. The average Bonchev–Trinajstić information content (AvgIpc) is 2.62. The van der Waals surface area contributed by atoms with Crippen LogP contribution in [-0.2, 0) is 9.47 Å². The first-order chi connectivity index (χ1) is 11.5. The van der Waals surface area contributed by atoms with Gasteiger partial charge in [0.2, 0.25) is 0 Å². The van der Waals surface area contributed by atoms with E-state index in [0.29, 0.717) is 5.56 Å². The molecule has 124 valence electrons. The van der Waals surface area contributed by atoms with Crippen LogP contribution in [0.3, 0.4) is 0 Å². The molecule has 1 aromatic heterocycles. The number of benzene rings is 1. The number of aromatic nitrogens is 1. The highest BCUT2D eigenvalue weighted by molar-refractivity contribution is 5.93. The Bertz CT molecular complexity index is 754. The number of carbonyl (C=O) groups is 3. The molecule has 0 aliphatic rings. The van der Waals surface area contributed by atoms with E-state index in [1.807, 2.05) is 0 Å². The summed E-state index contributed by atoms with van der Waals surface area (Å²) in [5.74, 6) is -1.60. The largest absolute Gasteiger partial charge is 0.464 e. The lowest BCUT2D eigenvalue weighted by molar-refractivity contribution is 0.0525. The number of nitrogens with zero attached hydrogens (tertiary/aromatic N) is 1. The molecule has 24 heavy (non-hydrogen) atoms. The van der Waals surface area contributed by atoms with Gasteiger partial charge < -0.3 is 14.2 Å². The molecule has 0 unspecified atom stereocenters. The second-order valence-electron chi connectivity index (χ2n) is 4.53. The van der Waals surface area contributed by atoms with Crippen molar-refractivity contribution in [3.63, 3.8) is 0 Å². The van der Waals surface area contributed by atoms with Crippen LogP contribution < -0.4 is 4.74 Å². The van der Waals surface area contributed by atoms with Gasteiger partial charge in [-0.25, -0.2) is 19.4 Å². The molecular weight excluding hydrogens is 314 g/mol. The van der Waals surface area contributed by atoms with E-state index in [-0.39, 0.29) is 23.7 Å². The van der Waals surface area contributed by atoms with Gasteiger partial charge in [0.05, 0.1) is 19.3 Å². The molecule has 0 fully saturated rings. The summed E-state index contributed by atoms with van der Waals surface area (Å²) >= 11 is 0. The summed E-state index contributed by atoms with van der Waals surface area (Å²) in [4.78, 5) is 38.9. The van der Waals surface area contributed by atoms with Gasteiger partial charge in [-0.3, -0.25) is 0 Å².